The van der Waals surface area contributed by atoms with Crippen LogP contribution in [0.3, 0.4) is 0 Å². The lowest BCUT2D eigenvalue weighted by atomic mass is 10.1. The van der Waals surface area contributed by atoms with Crippen LogP contribution in [0.1, 0.15) is 53.3 Å². The van der Waals surface area contributed by atoms with Crippen LogP contribution in [0.25, 0.3) is 0 Å². The van der Waals surface area contributed by atoms with E-state index in [4.69, 9.17) is 13.9 Å². The summed E-state index contributed by atoms with van der Waals surface area (Å²) in [6.07, 6.45) is 3.57. The van der Waals surface area contributed by atoms with Crippen molar-refractivity contribution in [2.45, 2.75) is 38.9 Å². The van der Waals surface area contributed by atoms with Crippen molar-refractivity contribution in [1.29, 1.82) is 0 Å². The Hall–Kier alpha value is -3.32. The molecular formula is C26H31N3O4. The van der Waals surface area contributed by atoms with E-state index in [2.05, 4.69) is 28.9 Å². The van der Waals surface area contributed by atoms with Gasteiger partial charge in [0.25, 0.3) is 5.91 Å². The molecular weight excluding hydrogens is 418 g/mol. The highest BCUT2D eigenvalue weighted by Crippen LogP contribution is 2.30. The Kier molecular flexibility index (Phi) is 7.29. The Morgan fingerprint density at radius 3 is 2.55 bits per heavy atom. The van der Waals surface area contributed by atoms with Crippen LogP contribution in [0.2, 0.25) is 0 Å². The van der Waals surface area contributed by atoms with Crippen LogP contribution >= 0.6 is 0 Å². The number of hydrogen-bond acceptors (Lipinski definition) is 6. The number of methoxy groups -OCH3 is 2. The minimum absolute atomic E-state index is 0.0537. The number of oxazole rings is 1. The molecule has 0 aliphatic carbocycles. The van der Waals surface area contributed by atoms with Gasteiger partial charge in [0.15, 0.2) is 5.69 Å². The molecule has 2 aromatic carbocycles. The molecule has 1 aliphatic rings. The van der Waals surface area contributed by atoms with Crippen molar-refractivity contribution >= 4 is 5.91 Å². The number of nitrogens with zero attached hydrogens (tertiary/aromatic N) is 3. The predicted octanol–water partition coefficient (Wildman–Crippen LogP) is 4.69. The third kappa shape index (κ3) is 5.37. The smallest absolute Gasteiger partial charge is 0.275 e. The molecule has 3 aromatic rings. The fraction of sp³-hybridized carbons (Fsp3) is 0.385. The van der Waals surface area contributed by atoms with E-state index in [1.54, 1.807) is 14.2 Å². The number of likely N-dealkylation sites (tertiary alicyclic amines) is 1. The first kappa shape index (κ1) is 22.9. The molecule has 1 saturated heterocycles. The van der Waals surface area contributed by atoms with Crippen molar-refractivity contribution in [1.82, 2.24) is 14.8 Å². The Morgan fingerprint density at radius 2 is 1.85 bits per heavy atom. The molecule has 2 heterocycles. The Morgan fingerprint density at radius 1 is 1.09 bits per heavy atom. The molecule has 7 nitrogen and oxygen atoms in total. The lowest BCUT2D eigenvalue weighted by Gasteiger charge is -2.29. The van der Waals surface area contributed by atoms with Gasteiger partial charge in [0.05, 0.1) is 20.8 Å². The summed E-state index contributed by atoms with van der Waals surface area (Å²) in [5, 5.41) is 0. The largest absolute Gasteiger partial charge is 0.497 e. The van der Waals surface area contributed by atoms with E-state index in [9.17, 15) is 4.79 Å². The van der Waals surface area contributed by atoms with Crippen LogP contribution in [0.15, 0.2) is 59.2 Å². The van der Waals surface area contributed by atoms with E-state index < -0.39 is 0 Å². The van der Waals surface area contributed by atoms with E-state index >= 15 is 0 Å². The highest BCUT2D eigenvalue weighted by atomic mass is 16.5. The van der Waals surface area contributed by atoms with Crippen molar-refractivity contribution in [3.05, 3.63) is 77.5 Å². The maximum Gasteiger partial charge on any atom is 0.275 e. The minimum atomic E-state index is -0.0537. The number of carbonyl (C=O) groups is 1. The topological polar surface area (TPSA) is 68.0 Å². The summed E-state index contributed by atoms with van der Waals surface area (Å²) < 4.78 is 16.7. The van der Waals surface area contributed by atoms with Gasteiger partial charge in [-0.25, -0.2) is 4.98 Å². The molecule has 7 heteroatoms. The van der Waals surface area contributed by atoms with Gasteiger partial charge in [-0.1, -0.05) is 36.4 Å². The van der Waals surface area contributed by atoms with E-state index in [0.29, 0.717) is 24.7 Å². The van der Waals surface area contributed by atoms with Gasteiger partial charge in [0, 0.05) is 37.3 Å². The van der Waals surface area contributed by atoms with Crippen molar-refractivity contribution in [2.24, 2.45) is 0 Å². The minimum Gasteiger partial charge on any atom is -0.497 e. The van der Waals surface area contributed by atoms with Crippen LogP contribution in [0, 0.1) is 0 Å². The second-order valence-electron chi connectivity index (χ2n) is 8.30. The molecule has 1 atom stereocenters. The van der Waals surface area contributed by atoms with Crippen LogP contribution in [-0.2, 0) is 13.1 Å². The summed E-state index contributed by atoms with van der Waals surface area (Å²) in [4.78, 5) is 21.3. The highest BCUT2D eigenvalue weighted by Gasteiger charge is 2.25. The van der Waals surface area contributed by atoms with Crippen LogP contribution < -0.4 is 9.47 Å². The number of amides is 1. The monoisotopic (exact) mass is 449 g/mol. The zero-order valence-corrected chi connectivity index (χ0v) is 19.5. The highest BCUT2D eigenvalue weighted by molar-refractivity contribution is 5.92. The number of aromatic nitrogens is 1. The fourth-order valence-electron chi connectivity index (χ4n) is 4.21. The zero-order chi connectivity index (χ0) is 23.2. The summed E-state index contributed by atoms with van der Waals surface area (Å²) in [6.45, 7) is 4.80. The molecule has 1 amide bonds. The van der Waals surface area contributed by atoms with Gasteiger partial charge in [-0.2, -0.15) is 0 Å². The molecule has 0 spiro atoms. The summed E-state index contributed by atoms with van der Waals surface area (Å²) in [5.41, 5.74) is 2.59. The maximum atomic E-state index is 12.7. The first-order valence-electron chi connectivity index (χ1n) is 11.3. The van der Waals surface area contributed by atoms with E-state index in [1.165, 1.54) is 11.8 Å². The van der Waals surface area contributed by atoms with Crippen molar-refractivity contribution < 1.29 is 18.7 Å². The Labute approximate surface area is 194 Å². The zero-order valence-electron chi connectivity index (χ0n) is 19.5. The number of rotatable bonds is 9. The summed E-state index contributed by atoms with van der Waals surface area (Å²) >= 11 is 0. The molecule has 1 unspecified atom stereocenters. The Balaban J connectivity index is 1.58. The number of benzene rings is 2. The maximum absolute atomic E-state index is 12.7. The molecule has 0 N–H and O–H groups in total. The SMILES string of the molecule is COc1ccc(CN(Cc2nc(C(=O)N3CCCC3)co2)C(C)c2ccccc2)c(OC)c1. The van der Waals surface area contributed by atoms with Crippen molar-refractivity contribution in [2.75, 3.05) is 27.3 Å². The summed E-state index contributed by atoms with van der Waals surface area (Å²) in [5.74, 6) is 1.97. The average molecular weight is 450 g/mol. The molecule has 4 rings (SSSR count). The molecule has 0 radical (unpaired) electrons. The molecule has 1 aromatic heterocycles. The third-order valence-electron chi connectivity index (χ3n) is 6.20. The molecule has 0 saturated carbocycles. The van der Waals surface area contributed by atoms with Gasteiger partial charge >= 0.3 is 0 Å². The first-order chi connectivity index (χ1) is 16.1. The van der Waals surface area contributed by atoms with E-state index in [0.717, 1.165) is 43.0 Å². The van der Waals surface area contributed by atoms with Crippen LogP contribution in [0.4, 0.5) is 0 Å². The first-order valence-corrected chi connectivity index (χ1v) is 11.3. The average Bonchev–Trinajstić information content (AvgIpc) is 3.56. The number of ether oxygens (including phenoxy) is 2. The summed E-state index contributed by atoms with van der Waals surface area (Å²) in [7, 11) is 3.30. The van der Waals surface area contributed by atoms with Gasteiger partial charge in [-0.15, -0.1) is 0 Å². The molecule has 33 heavy (non-hydrogen) atoms. The number of hydrogen-bond donors (Lipinski definition) is 0. The third-order valence-corrected chi connectivity index (χ3v) is 6.20. The predicted molar refractivity (Wildman–Crippen MR) is 125 cm³/mol. The molecule has 1 aliphatic heterocycles. The standard InChI is InChI=1S/C26H31N3O4/c1-19(20-9-5-4-6-10-20)29(16-21-11-12-22(31-2)15-24(21)32-3)17-25-27-23(18-33-25)26(30)28-13-7-8-14-28/h4-6,9-12,15,18-19H,7-8,13-14,16-17H2,1-3H3. The van der Waals surface area contributed by atoms with Crippen molar-refractivity contribution in [3.8, 4) is 11.5 Å². The van der Waals surface area contributed by atoms with Crippen LogP contribution in [0.5, 0.6) is 11.5 Å². The van der Waals surface area contributed by atoms with Gasteiger partial charge in [-0.3, -0.25) is 9.69 Å². The second-order valence-corrected chi connectivity index (χ2v) is 8.30. The van der Waals surface area contributed by atoms with Gasteiger partial charge in [0.2, 0.25) is 5.89 Å². The quantitative estimate of drug-likeness (QED) is 0.472. The van der Waals surface area contributed by atoms with E-state index in [1.807, 2.05) is 41.3 Å². The van der Waals surface area contributed by atoms with Gasteiger partial charge in [0.1, 0.15) is 17.8 Å². The van der Waals surface area contributed by atoms with Crippen LogP contribution in [-0.4, -0.2) is 48.0 Å². The fourth-order valence-corrected chi connectivity index (χ4v) is 4.21. The molecule has 1 fully saturated rings. The second kappa shape index (κ2) is 10.5. The van der Waals surface area contributed by atoms with Gasteiger partial charge in [-0.05, 0) is 31.4 Å². The lowest BCUT2D eigenvalue weighted by Crippen LogP contribution is -2.28. The summed E-state index contributed by atoms with van der Waals surface area (Å²) in [6, 6.07) is 16.2. The normalized spacial score (nSPS) is 14.5. The Bertz CT molecular complexity index is 1060. The molecule has 0 bridgehead atoms. The van der Waals surface area contributed by atoms with E-state index in [-0.39, 0.29) is 11.9 Å². The number of carbonyl (C=O) groups excluding carboxylic acids is 1. The molecule has 174 valence electrons. The van der Waals surface area contributed by atoms with Crippen molar-refractivity contribution in [3.63, 3.8) is 0 Å². The lowest BCUT2D eigenvalue weighted by molar-refractivity contribution is 0.0787. The van der Waals surface area contributed by atoms with Gasteiger partial charge < -0.3 is 18.8 Å².